The van der Waals surface area contributed by atoms with Crippen molar-refractivity contribution < 1.29 is 4.74 Å². The third-order valence-corrected chi connectivity index (χ3v) is 4.63. The molecule has 1 atom stereocenters. The summed E-state index contributed by atoms with van der Waals surface area (Å²) in [5, 5.41) is 3.69. The van der Waals surface area contributed by atoms with E-state index < -0.39 is 0 Å². The van der Waals surface area contributed by atoms with Crippen molar-refractivity contribution in [3.63, 3.8) is 0 Å². The number of hydrogen-bond acceptors (Lipinski definition) is 2. The van der Waals surface area contributed by atoms with Gasteiger partial charge in [-0.1, -0.05) is 19.3 Å². The standard InChI is InChI=1S/C14H25NO/c1-2-7-14(8-3-1)10-12(6-9-16-14)11-15-13-4-5-13/h12-13,15H,1-11H2. The first kappa shape index (κ1) is 11.0. The lowest BCUT2D eigenvalue weighted by Gasteiger charge is -2.43. The molecule has 3 fully saturated rings. The summed E-state index contributed by atoms with van der Waals surface area (Å²) in [6.45, 7) is 2.26. The average Bonchev–Trinajstić information content (AvgIpc) is 3.11. The molecule has 0 aromatic carbocycles. The Hall–Kier alpha value is -0.0800. The number of nitrogens with one attached hydrogen (secondary N) is 1. The van der Waals surface area contributed by atoms with Crippen molar-refractivity contribution in [1.82, 2.24) is 5.32 Å². The van der Waals surface area contributed by atoms with Gasteiger partial charge in [0.15, 0.2) is 0 Å². The van der Waals surface area contributed by atoms with E-state index in [-0.39, 0.29) is 0 Å². The maximum atomic E-state index is 6.13. The van der Waals surface area contributed by atoms with Crippen LogP contribution in [0.2, 0.25) is 0 Å². The quantitative estimate of drug-likeness (QED) is 0.794. The molecule has 1 unspecified atom stereocenters. The monoisotopic (exact) mass is 223 g/mol. The van der Waals surface area contributed by atoms with E-state index in [2.05, 4.69) is 5.32 Å². The lowest BCUT2D eigenvalue weighted by atomic mass is 9.76. The summed E-state index contributed by atoms with van der Waals surface area (Å²) >= 11 is 0. The van der Waals surface area contributed by atoms with E-state index >= 15 is 0 Å². The summed E-state index contributed by atoms with van der Waals surface area (Å²) in [6, 6.07) is 0.866. The van der Waals surface area contributed by atoms with Crippen LogP contribution in [0.25, 0.3) is 0 Å². The zero-order chi connectivity index (χ0) is 10.8. The van der Waals surface area contributed by atoms with E-state index in [4.69, 9.17) is 4.74 Å². The number of rotatable bonds is 3. The maximum absolute atomic E-state index is 6.13. The molecule has 0 aromatic rings. The number of ether oxygens (including phenoxy) is 1. The highest BCUT2D eigenvalue weighted by Gasteiger charge is 2.38. The molecule has 2 aliphatic carbocycles. The highest BCUT2D eigenvalue weighted by atomic mass is 16.5. The molecule has 1 spiro atoms. The van der Waals surface area contributed by atoms with Gasteiger partial charge in [0.25, 0.3) is 0 Å². The predicted octanol–water partition coefficient (Wildman–Crippen LogP) is 2.87. The van der Waals surface area contributed by atoms with Crippen LogP contribution in [-0.4, -0.2) is 24.8 Å². The molecule has 2 heteroatoms. The van der Waals surface area contributed by atoms with Crippen LogP contribution < -0.4 is 5.32 Å². The first-order chi connectivity index (χ1) is 7.86. The summed E-state index contributed by atoms with van der Waals surface area (Å²) in [6.07, 6.45) is 12.3. The second-order valence-corrected chi connectivity index (χ2v) is 6.13. The van der Waals surface area contributed by atoms with E-state index in [9.17, 15) is 0 Å². The Balaban J connectivity index is 1.51. The molecular weight excluding hydrogens is 198 g/mol. The Morgan fingerprint density at radius 3 is 2.62 bits per heavy atom. The Labute approximate surface area is 99.1 Å². The van der Waals surface area contributed by atoms with Crippen LogP contribution in [0.4, 0.5) is 0 Å². The van der Waals surface area contributed by atoms with Gasteiger partial charge in [0, 0.05) is 12.6 Å². The summed E-state index contributed by atoms with van der Waals surface area (Å²) < 4.78 is 6.13. The molecule has 0 radical (unpaired) electrons. The minimum absolute atomic E-state index is 0.298. The molecule has 1 aliphatic heterocycles. The molecule has 16 heavy (non-hydrogen) atoms. The minimum Gasteiger partial charge on any atom is -0.375 e. The van der Waals surface area contributed by atoms with Gasteiger partial charge in [-0.15, -0.1) is 0 Å². The van der Waals surface area contributed by atoms with Crippen LogP contribution in [0.5, 0.6) is 0 Å². The highest BCUT2D eigenvalue weighted by molar-refractivity contribution is 4.91. The fourth-order valence-electron chi connectivity index (χ4n) is 3.47. The summed E-state index contributed by atoms with van der Waals surface area (Å²) in [4.78, 5) is 0. The van der Waals surface area contributed by atoms with Gasteiger partial charge >= 0.3 is 0 Å². The highest BCUT2D eigenvalue weighted by Crippen LogP contribution is 2.40. The molecule has 0 bridgehead atoms. The van der Waals surface area contributed by atoms with Crippen molar-refractivity contribution in [3.8, 4) is 0 Å². The lowest BCUT2D eigenvalue weighted by Crippen LogP contribution is -2.44. The fraction of sp³-hybridized carbons (Fsp3) is 1.00. The molecule has 0 amide bonds. The van der Waals surface area contributed by atoms with Gasteiger partial charge in [-0.25, -0.2) is 0 Å². The van der Waals surface area contributed by atoms with Gasteiger partial charge in [-0.2, -0.15) is 0 Å². The molecule has 1 N–H and O–H groups in total. The van der Waals surface area contributed by atoms with Gasteiger partial charge in [0.05, 0.1) is 5.60 Å². The maximum Gasteiger partial charge on any atom is 0.0685 e. The van der Waals surface area contributed by atoms with Crippen LogP contribution in [0.15, 0.2) is 0 Å². The Kier molecular flexibility index (Phi) is 3.21. The van der Waals surface area contributed by atoms with Gasteiger partial charge < -0.3 is 10.1 Å². The van der Waals surface area contributed by atoms with E-state index in [1.807, 2.05) is 0 Å². The third-order valence-electron chi connectivity index (χ3n) is 4.63. The Bertz CT molecular complexity index is 225. The van der Waals surface area contributed by atoms with Crippen molar-refractivity contribution in [2.75, 3.05) is 13.2 Å². The molecule has 1 heterocycles. The van der Waals surface area contributed by atoms with Gasteiger partial charge in [0.1, 0.15) is 0 Å². The van der Waals surface area contributed by atoms with Crippen molar-refractivity contribution in [1.29, 1.82) is 0 Å². The largest absolute Gasteiger partial charge is 0.375 e. The molecule has 92 valence electrons. The lowest BCUT2D eigenvalue weighted by molar-refractivity contribution is -0.116. The molecule has 3 aliphatic rings. The summed E-state index contributed by atoms with van der Waals surface area (Å²) in [5.41, 5.74) is 0.298. The van der Waals surface area contributed by atoms with Crippen LogP contribution in [-0.2, 0) is 4.74 Å². The van der Waals surface area contributed by atoms with Crippen LogP contribution in [0.1, 0.15) is 57.8 Å². The Morgan fingerprint density at radius 2 is 1.88 bits per heavy atom. The first-order valence-electron chi connectivity index (χ1n) is 7.24. The number of hydrogen-bond donors (Lipinski definition) is 1. The first-order valence-corrected chi connectivity index (χ1v) is 7.24. The van der Waals surface area contributed by atoms with E-state index in [0.29, 0.717) is 5.60 Å². The van der Waals surface area contributed by atoms with Gasteiger partial charge in [-0.3, -0.25) is 0 Å². The van der Waals surface area contributed by atoms with Crippen molar-refractivity contribution in [2.24, 2.45) is 5.92 Å². The molecule has 3 rings (SSSR count). The zero-order valence-electron chi connectivity index (χ0n) is 10.3. The van der Waals surface area contributed by atoms with Crippen molar-refractivity contribution >= 4 is 0 Å². The van der Waals surface area contributed by atoms with E-state index in [1.54, 1.807) is 0 Å². The molecule has 2 saturated carbocycles. The zero-order valence-corrected chi connectivity index (χ0v) is 10.3. The summed E-state index contributed by atoms with van der Waals surface area (Å²) in [7, 11) is 0. The third kappa shape index (κ3) is 2.60. The van der Waals surface area contributed by atoms with Crippen LogP contribution in [0.3, 0.4) is 0 Å². The molecular formula is C14H25NO. The summed E-state index contributed by atoms with van der Waals surface area (Å²) in [5.74, 6) is 0.882. The van der Waals surface area contributed by atoms with Crippen LogP contribution >= 0.6 is 0 Å². The molecule has 1 saturated heterocycles. The van der Waals surface area contributed by atoms with Crippen molar-refractivity contribution in [2.45, 2.75) is 69.4 Å². The predicted molar refractivity (Wildman–Crippen MR) is 65.5 cm³/mol. The second kappa shape index (κ2) is 4.66. The van der Waals surface area contributed by atoms with Crippen molar-refractivity contribution in [3.05, 3.63) is 0 Å². The fourth-order valence-corrected chi connectivity index (χ4v) is 3.47. The van der Waals surface area contributed by atoms with Gasteiger partial charge in [0.2, 0.25) is 0 Å². The average molecular weight is 223 g/mol. The smallest absolute Gasteiger partial charge is 0.0685 e. The SMILES string of the molecule is C1CCC2(CC1)CC(CNC1CC1)CCO2. The Morgan fingerprint density at radius 1 is 1.06 bits per heavy atom. The van der Waals surface area contributed by atoms with Crippen LogP contribution in [0, 0.1) is 5.92 Å². The normalized spacial score (nSPS) is 34.1. The topological polar surface area (TPSA) is 21.3 Å². The van der Waals surface area contributed by atoms with E-state index in [0.717, 1.165) is 18.6 Å². The van der Waals surface area contributed by atoms with E-state index in [1.165, 1.54) is 64.3 Å². The second-order valence-electron chi connectivity index (χ2n) is 6.13. The molecule has 2 nitrogen and oxygen atoms in total. The van der Waals surface area contributed by atoms with Gasteiger partial charge in [-0.05, 0) is 51.0 Å². The molecule has 0 aromatic heterocycles. The minimum atomic E-state index is 0.298.